The van der Waals surface area contributed by atoms with E-state index in [2.05, 4.69) is 22.4 Å². The van der Waals surface area contributed by atoms with E-state index in [0.717, 1.165) is 24.0 Å². The fourth-order valence-electron chi connectivity index (χ4n) is 3.26. The van der Waals surface area contributed by atoms with E-state index in [1.54, 1.807) is 11.0 Å². The Bertz CT molecular complexity index is 1010. The summed E-state index contributed by atoms with van der Waals surface area (Å²) in [6.07, 6.45) is 3.92. The molecule has 6 nitrogen and oxygen atoms in total. The lowest BCUT2D eigenvalue weighted by atomic mass is 9.99. The van der Waals surface area contributed by atoms with Gasteiger partial charge in [-0.1, -0.05) is 41.6 Å². The van der Waals surface area contributed by atoms with E-state index in [4.69, 9.17) is 4.52 Å². The SMILES string of the molecule is N#Cc1ccc(-c2ccccc2)cc1-c1nc(C2CCCN2C#N)no1. The van der Waals surface area contributed by atoms with Crippen LogP contribution >= 0.6 is 0 Å². The minimum absolute atomic E-state index is 0.152. The van der Waals surface area contributed by atoms with Crippen LogP contribution in [0.25, 0.3) is 22.6 Å². The standard InChI is InChI=1S/C20H15N5O/c21-12-16-9-8-15(14-5-2-1-3-6-14)11-17(16)20-23-19(24-26-20)18-7-4-10-25(18)13-22/h1-3,5-6,8-9,11,18H,4,7,10H2. The molecule has 1 aliphatic rings. The molecule has 0 bridgehead atoms. The number of hydrogen-bond acceptors (Lipinski definition) is 6. The smallest absolute Gasteiger partial charge is 0.259 e. The Morgan fingerprint density at radius 1 is 1.08 bits per heavy atom. The molecule has 4 rings (SSSR count). The quantitative estimate of drug-likeness (QED) is 0.671. The summed E-state index contributed by atoms with van der Waals surface area (Å²) in [5.74, 6) is 0.798. The van der Waals surface area contributed by atoms with E-state index in [-0.39, 0.29) is 6.04 Å². The van der Waals surface area contributed by atoms with Gasteiger partial charge in [-0.3, -0.25) is 4.90 Å². The first-order valence-electron chi connectivity index (χ1n) is 8.40. The first-order chi connectivity index (χ1) is 12.8. The van der Waals surface area contributed by atoms with Crippen molar-refractivity contribution >= 4 is 0 Å². The molecule has 26 heavy (non-hydrogen) atoms. The summed E-state index contributed by atoms with van der Waals surface area (Å²) in [5, 5.41) is 22.7. The van der Waals surface area contributed by atoms with Crippen LogP contribution in [0.1, 0.15) is 30.3 Å². The third-order valence-corrected chi connectivity index (χ3v) is 4.60. The van der Waals surface area contributed by atoms with Gasteiger partial charge in [-0.25, -0.2) is 0 Å². The van der Waals surface area contributed by atoms with Crippen molar-refractivity contribution in [3.05, 3.63) is 59.9 Å². The van der Waals surface area contributed by atoms with Crippen LogP contribution in [-0.4, -0.2) is 21.6 Å². The van der Waals surface area contributed by atoms with Crippen LogP contribution in [0, 0.1) is 22.8 Å². The Kier molecular flexibility index (Phi) is 4.09. The van der Waals surface area contributed by atoms with Gasteiger partial charge < -0.3 is 4.52 Å². The molecule has 1 fully saturated rings. The van der Waals surface area contributed by atoms with Crippen LogP contribution in [0.2, 0.25) is 0 Å². The van der Waals surface area contributed by atoms with E-state index >= 15 is 0 Å². The van der Waals surface area contributed by atoms with Gasteiger partial charge in [0, 0.05) is 6.54 Å². The maximum absolute atomic E-state index is 9.45. The molecule has 2 aromatic carbocycles. The lowest BCUT2D eigenvalue weighted by Gasteiger charge is -2.13. The van der Waals surface area contributed by atoms with Crippen LogP contribution < -0.4 is 0 Å². The molecular formula is C20H15N5O. The molecule has 0 N–H and O–H groups in total. The van der Waals surface area contributed by atoms with Crippen molar-refractivity contribution in [2.45, 2.75) is 18.9 Å². The molecule has 1 aliphatic heterocycles. The minimum Gasteiger partial charge on any atom is -0.334 e. The van der Waals surface area contributed by atoms with Crippen molar-refractivity contribution in [2.24, 2.45) is 0 Å². The molecule has 6 heteroatoms. The lowest BCUT2D eigenvalue weighted by Crippen LogP contribution is -2.17. The summed E-state index contributed by atoms with van der Waals surface area (Å²) in [6.45, 7) is 0.706. The largest absolute Gasteiger partial charge is 0.334 e. The van der Waals surface area contributed by atoms with Crippen molar-refractivity contribution in [2.75, 3.05) is 6.54 Å². The van der Waals surface area contributed by atoms with Crippen LogP contribution in [0.15, 0.2) is 53.1 Å². The van der Waals surface area contributed by atoms with Gasteiger partial charge in [0.15, 0.2) is 12.0 Å². The Morgan fingerprint density at radius 3 is 2.69 bits per heavy atom. The number of aromatic nitrogens is 2. The van der Waals surface area contributed by atoms with Crippen molar-refractivity contribution < 1.29 is 4.52 Å². The highest BCUT2D eigenvalue weighted by atomic mass is 16.5. The zero-order chi connectivity index (χ0) is 17.9. The highest BCUT2D eigenvalue weighted by Crippen LogP contribution is 2.33. The van der Waals surface area contributed by atoms with Crippen molar-refractivity contribution in [3.63, 3.8) is 0 Å². The van der Waals surface area contributed by atoms with Crippen LogP contribution in [0.4, 0.5) is 0 Å². The number of likely N-dealkylation sites (tertiary alicyclic amines) is 1. The van der Waals surface area contributed by atoms with Crippen molar-refractivity contribution in [1.29, 1.82) is 10.5 Å². The summed E-state index contributed by atoms with van der Waals surface area (Å²) >= 11 is 0. The zero-order valence-electron chi connectivity index (χ0n) is 14.0. The van der Waals surface area contributed by atoms with E-state index in [1.807, 2.05) is 42.5 Å². The first kappa shape index (κ1) is 15.9. The second kappa shape index (κ2) is 6.70. The molecule has 1 saturated heterocycles. The predicted octanol–water partition coefficient (Wildman–Crippen LogP) is 3.89. The van der Waals surface area contributed by atoms with E-state index < -0.39 is 0 Å². The zero-order valence-corrected chi connectivity index (χ0v) is 14.0. The number of nitrogens with zero attached hydrogens (tertiary/aromatic N) is 5. The van der Waals surface area contributed by atoms with Gasteiger partial charge in [0.2, 0.25) is 0 Å². The summed E-state index contributed by atoms with van der Waals surface area (Å²) in [7, 11) is 0. The van der Waals surface area contributed by atoms with Crippen LogP contribution in [0.5, 0.6) is 0 Å². The molecule has 0 saturated carbocycles. The monoisotopic (exact) mass is 341 g/mol. The molecule has 3 aromatic rings. The predicted molar refractivity (Wildman–Crippen MR) is 94.2 cm³/mol. The average Bonchev–Trinajstić information content (AvgIpc) is 3.37. The molecule has 1 atom stereocenters. The van der Waals surface area contributed by atoms with Gasteiger partial charge in [-0.15, -0.1) is 0 Å². The highest BCUT2D eigenvalue weighted by Gasteiger charge is 2.29. The van der Waals surface area contributed by atoms with E-state index in [0.29, 0.717) is 29.4 Å². The number of rotatable bonds is 3. The second-order valence-electron chi connectivity index (χ2n) is 6.15. The maximum atomic E-state index is 9.45. The normalized spacial score (nSPS) is 16.2. The third kappa shape index (κ3) is 2.78. The van der Waals surface area contributed by atoms with Crippen LogP contribution in [0.3, 0.4) is 0 Å². The van der Waals surface area contributed by atoms with Gasteiger partial charge in [0.05, 0.1) is 17.2 Å². The summed E-state index contributed by atoms with van der Waals surface area (Å²) in [6, 6.07) is 17.5. The topological polar surface area (TPSA) is 89.7 Å². The van der Waals surface area contributed by atoms with Gasteiger partial charge >= 0.3 is 0 Å². The molecular weight excluding hydrogens is 326 g/mol. The van der Waals surface area contributed by atoms with E-state index in [1.165, 1.54) is 0 Å². The average molecular weight is 341 g/mol. The van der Waals surface area contributed by atoms with Crippen molar-refractivity contribution in [1.82, 2.24) is 15.0 Å². The Morgan fingerprint density at radius 2 is 1.92 bits per heavy atom. The third-order valence-electron chi connectivity index (χ3n) is 4.60. The van der Waals surface area contributed by atoms with Crippen LogP contribution in [-0.2, 0) is 0 Å². The van der Waals surface area contributed by atoms with Gasteiger partial charge in [0.25, 0.3) is 5.89 Å². The lowest BCUT2D eigenvalue weighted by molar-refractivity contribution is 0.339. The van der Waals surface area contributed by atoms with Gasteiger partial charge in [-0.05, 0) is 36.1 Å². The summed E-state index contributed by atoms with van der Waals surface area (Å²) in [5.41, 5.74) is 3.10. The Labute approximate surface area is 150 Å². The highest BCUT2D eigenvalue weighted by molar-refractivity contribution is 5.73. The summed E-state index contributed by atoms with van der Waals surface area (Å²) in [4.78, 5) is 6.15. The molecule has 0 aliphatic carbocycles. The molecule has 0 radical (unpaired) electrons. The molecule has 126 valence electrons. The second-order valence-corrected chi connectivity index (χ2v) is 6.15. The maximum Gasteiger partial charge on any atom is 0.259 e. The Hall–Kier alpha value is -3.64. The molecule has 1 unspecified atom stereocenters. The molecule has 2 heterocycles. The van der Waals surface area contributed by atoms with Gasteiger partial charge in [-0.2, -0.15) is 15.5 Å². The molecule has 0 spiro atoms. The fraction of sp³-hybridized carbons (Fsp3) is 0.200. The number of nitriles is 2. The minimum atomic E-state index is -0.152. The molecule has 0 amide bonds. The fourth-order valence-corrected chi connectivity index (χ4v) is 3.26. The molecule has 1 aromatic heterocycles. The van der Waals surface area contributed by atoms with E-state index in [9.17, 15) is 10.5 Å². The first-order valence-corrected chi connectivity index (χ1v) is 8.40. The van der Waals surface area contributed by atoms with Crippen molar-refractivity contribution in [3.8, 4) is 34.8 Å². The Balaban J connectivity index is 1.74. The van der Waals surface area contributed by atoms with Gasteiger partial charge in [0.1, 0.15) is 6.04 Å². The number of benzene rings is 2. The summed E-state index contributed by atoms with van der Waals surface area (Å²) < 4.78 is 5.44. The number of hydrogen-bond donors (Lipinski definition) is 0.